The molecule has 3 rings (SSSR count). The van der Waals surface area contributed by atoms with Gasteiger partial charge in [0.1, 0.15) is 0 Å². The fourth-order valence-corrected chi connectivity index (χ4v) is 2.99. The van der Waals surface area contributed by atoms with Crippen molar-refractivity contribution in [2.45, 2.75) is 13.8 Å². The third-order valence-corrected chi connectivity index (χ3v) is 4.31. The van der Waals surface area contributed by atoms with Crippen molar-refractivity contribution in [2.24, 2.45) is 4.99 Å². The van der Waals surface area contributed by atoms with E-state index in [1.165, 1.54) is 14.0 Å². The van der Waals surface area contributed by atoms with Crippen molar-refractivity contribution in [1.82, 2.24) is 0 Å². The Kier molecular flexibility index (Phi) is 5.41. The number of cyclic esters (lactones) is 1. The third kappa shape index (κ3) is 4.25. The molecule has 2 aromatic carbocycles. The van der Waals surface area contributed by atoms with E-state index in [4.69, 9.17) is 14.2 Å². The highest BCUT2D eigenvalue weighted by atomic mass is 79.9. The van der Waals surface area contributed by atoms with Crippen LogP contribution in [0, 0.1) is 6.92 Å². The molecule has 0 amide bonds. The van der Waals surface area contributed by atoms with Crippen LogP contribution in [-0.4, -0.2) is 24.9 Å². The summed E-state index contributed by atoms with van der Waals surface area (Å²) in [5, 5.41) is 0. The Hall–Kier alpha value is -2.93. The maximum absolute atomic E-state index is 12.2. The van der Waals surface area contributed by atoms with E-state index < -0.39 is 11.9 Å². The Morgan fingerprint density at radius 3 is 2.56 bits per heavy atom. The number of methoxy groups -OCH3 is 1. The van der Waals surface area contributed by atoms with Gasteiger partial charge in [0.05, 0.1) is 11.6 Å². The lowest BCUT2D eigenvalue weighted by Crippen LogP contribution is -2.05. The van der Waals surface area contributed by atoms with Gasteiger partial charge in [0.25, 0.3) is 0 Å². The van der Waals surface area contributed by atoms with E-state index in [1.54, 1.807) is 18.2 Å². The number of hydrogen-bond donors (Lipinski definition) is 0. The molecule has 27 heavy (non-hydrogen) atoms. The summed E-state index contributed by atoms with van der Waals surface area (Å²) in [6.07, 6.45) is 1.58. The smallest absolute Gasteiger partial charge is 0.363 e. The molecule has 0 unspecified atom stereocenters. The summed E-state index contributed by atoms with van der Waals surface area (Å²) < 4.78 is 16.2. The van der Waals surface area contributed by atoms with E-state index in [-0.39, 0.29) is 17.3 Å². The number of halogens is 1. The zero-order valence-corrected chi connectivity index (χ0v) is 16.5. The number of carbonyl (C=O) groups excluding carboxylic acids is 2. The highest BCUT2D eigenvalue weighted by Crippen LogP contribution is 2.37. The molecule has 0 aliphatic carbocycles. The summed E-state index contributed by atoms with van der Waals surface area (Å²) in [6, 6.07) is 10.9. The van der Waals surface area contributed by atoms with Gasteiger partial charge in [-0.1, -0.05) is 17.7 Å². The number of nitrogens with zero attached hydrogens (tertiary/aromatic N) is 1. The molecule has 7 heteroatoms. The van der Waals surface area contributed by atoms with Crippen molar-refractivity contribution in [3.8, 4) is 11.5 Å². The lowest BCUT2D eigenvalue weighted by Gasteiger charge is -2.11. The predicted octanol–water partition coefficient (Wildman–Crippen LogP) is 4.04. The summed E-state index contributed by atoms with van der Waals surface area (Å²) in [5.41, 5.74) is 2.63. The van der Waals surface area contributed by atoms with Gasteiger partial charge in [-0.2, -0.15) is 0 Å². The van der Waals surface area contributed by atoms with Crippen LogP contribution in [0.3, 0.4) is 0 Å². The Bertz CT molecular complexity index is 977. The fraction of sp³-hybridized carbons (Fsp3) is 0.150. The van der Waals surface area contributed by atoms with Crippen molar-refractivity contribution < 1.29 is 23.8 Å². The van der Waals surface area contributed by atoms with Crippen LogP contribution in [0.4, 0.5) is 0 Å². The number of benzene rings is 2. The van der Waals surface area contributed by atoms with Crippen LogP contribution in [0.1, 0.15) is 23.6 Å². The van der Waals surface area contributed by atoms with Crippen molar-refractivity contribution >= 4 is 39.8 Å². The van der Waals surface area contributed by atoms with Crippen LogP contribution >= 0.6 is 15.9 Å². The van der Waals surface area contributed by atoms with Gasteiger partial charge in [0, 0.05) is 12.5 Å². The minimum Gasteiger partial charge on any atom is -0.493 e. The quantitative estimate of drug-likeness (QED) is 0.416. The number of rotatable bonds is 4. The standard InChI is InChI=1S/C20H16BrNO5/c1-11-4-6-14(7-5-11)19-22-16(20(24)27-19)9-13-8-15(21)18(26-12(2)23)17(10-13)25-3/h4-10H,1-3H3/b16-9-. The van der Waals surface area contributed by atoms with Crippen LogP contribution < -0.4 is 9.47 Å². The van der Waals surface area contributed by atoms with Crippen molar-refractivity contribution in [1.29, 1.82) is 0 Å². The summed E-state index contributed by atoms with van der Waals surface area (Å²) in [4.78, 5) is 27.7. The summed E-state index contributed by atoms with van der Waals surface area (Å²) in [5.74, 6) is -0.129. The SMILES string of the molecule is COc1cc(/C=C2\N=C(c3ccc(C)cc3)OC2=O)cc(Br)c1OC(C)=O. The molecule has 0 atom stereocenters. The summed E-state index contributed by atoms with van der Waals surface area (Å²) in [6.45, 7) is 3.28. The highest BCUT2D eigenvalue weighted by molar-refractivity contribution is 9.10. The molecule has 0 saturated carbocycles. The van der Waals surface area contributed by atoms with E-state index in [0.717, 1.165) is 11.1 Å². The first-order valence-electron chi connectivity index (χ1n) is 8.03. The highest BCUT2D eigenvalue weighted by Gasteiger charge is 2.24. The Balaban J connectivity index is 1.96. The zero-order valence-electron chi connectivity index (χ0n) is 14.9. The second-order valence-corrected chi connectivity index (χ2v) is 6.68. The third-order valence-electron chi connectivity index (χ3n) is 3.72. The molecule has 0 saturated heterocycles. The summed E-state index contributed by atoms with van der Waals surface area (Å²) >= 11 is 3.35. The van der Waals surface area contributed by atoms with Crippen molar-refractivity contribution in [3.63, 3.8) is 0 Å². The van der Waals surface area contributed by atoms with Gasteiger partial charge < -0.3 is 14.2 Å². The van der Waals surface area contributed by atoms with E-state index in [9.17, 15) is 9.59 Å². The number of aliphatic imine (C=N–C) groups is 1. The molecule has 138 valence electrons. The Morgan fingerprint density at radius 1 is 1.22 bits per heavy atom. The average molecular weight is 430 g/mol. The number of esters is 2. The first-order chi connectivity index (χ1) is 12.9. The molecule has 0 aromatic heterocycles. The van der Waals surface area contributed by atoms with Gasteiger partial charge in [-0.15, -0.1) is 0 Å². The van der Waals surface area contributed by atoms with E-state index >= 15 is 0 Å². The maximum Gasteiger partial charge on any atom is 0.363 e. The molecule has 1 aliphatic heterocycles. The minimum atomic E-state index is -0.537. The van der Waals surface area contributed by atoms with Crippen LogP contribution in [0.5, 0.6) is 11.5 Å². The number of carbonyl (C=O) groups is 2. The average Bonchev–Trinajstić information content (AvgIpc) is 2.98. The van der Waals surface area contributed by atoms with Crippen LogP contribution in [0.2, 0.25) is 0 Å². The number of hydrogen-bond acceptors (Lipinski definition) is 6. The predicted molar refractivity (Wildman–Crippen MR) is 104 cm³/mol. The van der Waals surface area contributed by atoms with Gasteiger partial charge in [-0.05, 0) is 58.8 Å². The van der Waals surface area contributed by atoms with Crippen molar-refractivity contribution in [2.75, 3.05) is 7.11 Å². The molecule has 0 spiro atoms. The lowest BCUT2D eigenvalue weighted by molar-refractivity contribution is -0.132. The monoisotopic (exact) mass is 429 g/mol. The molecule has 0 bridgehead atoms. The maximum atomic E-state index is 12.2. The first-order valence-corrected chi connectivity index (χ1v) is 8.82. The Morgan fingerprint density at radius 2 is 1.93 bits per heavy atom. The lowest BCUT2D eigenvalue weighted by atomic mass is 10.1. The number of aryl methyl sites for hydroxylation is 1. The van der Waals surface area contributed by atoms with Gasteiger partial charge in [-0.25, -0.2) is 9.79 Å². The molecule has 2 aromatic rings. The number of ether oxygens (including phenoxy) is 3. The second kappa shape index (κ2) is 7.75. The van der Waals surface area contributed by atoms with Gasteiger partial charge in [0.15, 0.2) is 17.2 Å². The molecule has 0 radical (unpaired) electrons. The zero-order chi connectivity index (χ0) is 19.6. The normalized spacial score (nSPS) is 14.7. The topological polar surface area (TPSA) is 74.2 Å². The fourth-order valence-electron chi connectivity index (χ4n) is 2.45. The van der Waals surface area contributed by atoms with E-state index in [2.05, 4.69) is 20.9 Å². The molecule has 0 N–H and O–H groups in total. The first kappa shape index (κ1) is 18.8. The molecule has 1 heterocycles. The van der Waals surface area contributed by atoms with Crippen LogP contribution in [-0.2, 0) is 14.3 Å². The van der Waals surface area contributed by atoms with E-state index in [1.807, 2.05) is 31.2 Å². The van der Waals surface area contributed by atoms with Gasteiger partial charge >= 0.3 is 11.9 Å². The van der Waals surface area contributed by atoms with Crippen LogP contribution in [0.15, 0.2) is 51.6 Å². The minimum absolute atomic E-state index is 0.166. The molecule has 6 nitrogen and oxygen atoms in total. The largest absolute Gasteiger partial charge is 0.493 e. The molecular weight excluding hydrogens is 414 g/mol. The van der Waals surface area contributed by atoms with Crippen LogP contribution in [0.25, 0.3) is 6.08 Å². The molecule has 1 aliphatic rings. The second-order valence-electron chi connectivity index (χ2n) is 5.83. The van der Waals surface area contributed by atoms with E-state index in [0.29, 0.717) is 15.8 Å². The van der Waals surface area contributed by atoms with Gasteiger partial charge in [0.2, 0.25) is 5.90 Å². The van der Waals surface area contributed by atoms with Gasteiger partial charge in [-0.3, -0.25) is 4.79 Å². The van der Waals surface area contributed by atoms with Crippen molar-refractivity contribution in [3.05, 3.63) is 63.3 Å². The Labute approximate surface area is 164 Å². The summed E-state index contributed by atoms with van der Waals surface area (Å²) in [7, 11) is 1.46. The molecular formula is C20H16BrNO5. The molecule has 0 fully saturated rings.